The molecule has 0 saturated heterocycles. The highest BCUT2D eigenvalue weighted by Gasteiger charge is 2.22. The molecule has 2 N–H and O–H groups in total. The monoisotopic (exact) mass is 221 g/mol. The maximum absolute atomic E-state index is 12.0. The van der Waals surface area contributed by atoms with E-state index >= 15 is 0 Å². The summed E-state index contributed by atoms with van der Waals surface area (Å²) in [6, 6.07) is 6.53. The number of amides is 1. The molecule has 1 aromatic rings. The molecule has 0 fully saturated rings. The van der Waals surface area contributed by atoms with Crippen molar-refractivity contribution >= 4 is 18.5 Å². The Morgan fingerprint density at radius 1 is 1.25 bits per heavy atom. The van der Waals surface area contributed by atoms with Crippen molar-refractivity contribution in [3.05, 3.63) is 29.8 Å². The molecule has 0 spiro atoms. The summed E-state index contributed by atoms with van der Waals surface area (Å²) in [5, 5.41) is 18.3. The molecule has 1 amide bonds. The van der Waals surface area contributed by atoms with Crippen molar-refractivity contribution in [2.24, 2.45) is 0 Å². The minimum Gasteiger partial charge on any atom is -0.423 e. The van der Waals surface area contributed by atoms with E-state index in [1.807, 2.05) is 13.8 Å². The summed E-state index contributed by atoms with van der Waals surface area (Å²) in [7, 11) is -1.62. The van der Waals surface area contributed by atoms with E-state index in [4.69, 9.17) is 10.0 Å². The lowest BCUT2D eigenvalue weighted by Gasteiger charge is -2.20. The van der Waals surface area contributed by atoms with Crippen LogP contribution in [0.3, 0.4) is 0 Å². The van der Waals surface area contributed by atoms with Crippen LogP contribution in [0.4, 0.5) is 0 Å². The van der Waals surface area contributed by atoms with Crippen molar-refractivity contribution in [1.29, 1.82) is 0 Å². The maximum atomic E-state index is 12.0. The lowest BCUT2D eigenvalue weighted by Crippen LogP contribution is -2.40. The average molecular weight is 221 g/mol. The molecule has 1 aromatic carbocycles. The molecule has 0 atom stereocenters. The molecular weight excluding hydrogens is 205 g/mol. The second kappa shape index (κ2) is 5.68. The molecule has 0 radical (unpaired) electrons. The Kier molecular flexibility index (Phi) is 4.52. The van der Waals surface area contributed by atoms with Crippen LogP contribution in [-0.4, -0.2) is 41.1 Å². The van der Waals surface area contributed by atoms with Gasteiger partial charge in [-0.1, -0.05) is 18.2 Å². The van der Waals surface area contributed by atoms with Crippen molar-refractivity contribution in [3.8, 4) is 0 Å². The minimum absolute atomic E-state index is 0.172. The quantitative estimate of drug-likeness (QED) is 0.695. The van der Waals surface area contributed by atoms with E-state index < -0.39 is 7.12 Å². The predicted octanol–water partition coefficient (Wildman–Crippen LogP) is -0.152. The van der Waals surface area contributed by atoms with E-state index in [0.717, 1.165) is 0 Å². The molecule has 0 aliphatic carbocycles. The van der Waals surface area contributed by atoms with Gasteiger partial charge in [0.2, 0.25) is 0 Å². The molecule has 0 aliphatic rings. The first-order valence-electron chi connectivity index (χ1n) is 5.36. The normalized spacial score (nSPS) is 10.0. The number of carbonyl (C=O) groups excluding carboxylic acids is 1. The molecule has 0 aromatic heterocycles. The van der Waals surface area contributed by atoms with Crippen molar-refractivity contribution in [3.63, 3.8) is 0 Å². The van der Waals surface area contributed by atoms with E-state index in [2.05, 4.69) is 0 Å². The summed E-state index contributed by atoms with van der Waals surface area (Å²) in [4.78, 5) is 13.7. The van der Waals surface area contributed by atoms with Gasteiger partial charge in [-0.05, 0) is 25.4 Å². The summed E-state index contributed by atoms with van der Waals surface area (Å²) in [5.74, 6) is -0.172. The molecule has 0 aliphatic heterocycles. The van der Waals surface area contributed by atoms with Crippen LogP contribution in [0.15, 0.2) is 24.3 Å². The standard InChI is InChI=1S/C11H16BNO3/c1-3-13(4-2)11(14)9-7-5-6-8-10(9)12(15)16/h5-8,15-16H,3-4H2,1-2H3. The third-order valence-corrected chi connectivity index (χ3v) is 2.52. The van der Waals surface area contributed by atoms with Gasteiger partial charge in [-0.25, -0.2) is 0 Å². The molecule has 0 saturated carbocycles. The van der Waals surface area contributed by atoms with Gasteiger partial charge in [-0.2, -0.15) is 0 Å². The minimum atomic E-state index is -1.62. The second-order valence-corrected chi connectivity index (χ2v) is 3.44. The van der Waals surface area contributed by atoms with Gasteiger partial charge in [0.1, 0.15) is 0 Å². The van der Waals surface area contributed by atoms with Crippen LogP contribution in [0.2, 0.25) is 0 Å². The van der Waals surface area contributed by atoms with Crippen LogP contribution >= 0.6 is 0 Å². The van der Waals surface area contributed by atoms with Crippen LogP contribution < -0.4 is 5.46 Å². The van der Waals surface area contributed by atoms with Crippen molar-refractivity contribution in [2.75, 3.05) is 13.1 Å². The topological polar surface area (TPSA) is 60.8 Å². The number of nitrogens with zero attached hydrogens (tertiary/aromatic N) is 1. The SMILES string of the molecule is CCN(CC)C(=O)c1ccccc1B(O)O. The molecule has 16 heavy (non-hydrogen) atoms. The van der Waals surface area contributed by atoms with Crippen LogP contribution in [0, 0.1) is 0 Å². The Hall–Kier alpha value is -1.33. The Bertz CT molecular complexity index is 364. The summed E-state index contributed by atoms with van der Waals surface area (Å²) in [6.07, 6.45) is 0. The smallest absolute Gasteiger partial charge is 0.423 e. The Labute approximate surface area is 95.7 Å². The molecular formula is C11H16BNO3. The lowest BCUT2D eigenvalue weighted by molar-refractivity contribution is 0.0774. The number of carbonyl (C=O) groups is 1. The Morgan fingerprint density at radius 2 is 1.81 bits per heavy atom. The van der Waals surface area contributed by atoms with Gasteiger partial charge in [0, 0.05) is 18.7 Å². The fourth-order valence-electron chi connectivity index (χ4n) is 1.60. The van der Waals surface area contributed by atoms with Crippen LogP contribution in [0.1, 0.15) is 24.2 Å². The van der Waals surface area contributed by atoms with Crippen LogP contribution in [0.5, 0.6) is 0 Å². The first-order chi connectivity index (χ1) is 7.61. The third-order valence-electron chi connectivity index (χ3n) is 2.52. The fourth-order valence-corrected chi connectivity index (χ4v) is 1.60. The largest absolute Gasteiger partial charge is 0.489 e. The highest BCUT2D eigenvalue weighted by molar-refractivity contribution is 6.60. The maximum Gasteiger partial charge on any atom is 0.489 e. The Balaban J connectivity index is 3.07. The number of rotatable bonds is 4. The highest BCUT2D eigenvalue weighted by Crippen LogP contribution is 2.03. The van der Waals surface area contributed by atoms with Crippen LogP contribution in [-0.2, 0) is 0 Å². The summed E-state index contributed by atoms with van der Waals surface area (Å²) in [6.45, 7) is 4.98. The first kappa shape index (κ1) is 12.7. The summed E-state index contributed by atoms with van der Waals surface area (Å²) < 4.78 is 0. The predicted molar refractivity (Wildman–Crippen MR) is 63.5 cm³/mol. The molecule has 5 heteroatoms. The van der Waals surface area contributed by atoms with E-state index in [1.54, 1.807) is 29.2 Å². The zero-order valence-corrected chi connectivity index (χ0v) is 9.55. The number of benzene rings is 1. The number of hydrogen-bond acceptors (Lipinski definition) is 3. The summed E-state index contributed by atoms with van der Waals surface area (Å²) in [5.41, 5.74) is 0.598. The van der Waals surface area contributed by atoms with Gasteiger partial charge >= 0.3 is 7.12 Å². The lowest BCUT2D eigenvalue weighted by atomic mass is 9.77. The molecule has 0 heterocycles. The van der Waals surface area contributed by atoms with E-state index in [-0.39, 0.29) is 11.4 Å². The van der Waals surface area contributed by atoms with Crippen molar-refractivity contribution in [2.45, 2.75) is 13.8 Å². The first-order valence-corrected chi connectivity index (χ1v) is 5.36. The van der Waals surface area contributed by atoms with Gasteiger partial charge in [0.25, 0.3) is 5.91 Å². The Morgan fingerprint density at radius 3 is 2.31 bits per heavy atom. The van der Waals surface area contributed by atoms with Crippen molar-refractivity contribution < 1.29 is 14.8 Å². The zero-order chi connectivity index (χ0) is 12.1. The van der Waals surface area contributed by atoms with Crippen LogP contribution in [0.25, 0.3) is 0 Å². The third kappa shape index (κ3) is 2.62. The van der Waals surface area contributed by atoms with Gasteiger partial charge in [-0.3, -0.25) is 4.79 Å². The number of hydrogen-bond donors (Lipinski definition) is 2. The zero-order valence-electron chi connectivity index (χ0n) is 9.55. The molecule has 0 unspecified atom stereocenters. The van der Waals surface area contributed by atoms with E-state index in [9.17, 15) is 4.79 Å². The van der Waals surface area contributed by atoms with Gasteiger partial charge in [0.05, 0.1) is 0 Å². The van der Waals surface area contributed by atoms with Gasteiger partial charge in [0.15, 0.2) is 0 Å². The summed E-state index contributed by atoms with van der Waals surface area (Å²) >= 11 is 0. The highest BCUT2D eigenvalue weighted by atomic mass is 16.4. The molecule has 1 rings (SSSR count). The second-order valence-electron chi connectivity index (χ2n) is 3.44. The van der Waals surface area contributed by atoms with E-state index in [1.165, 1.54) is 0 Å². The average Bonchev–Trinajstić information content (AvgIpc) is 2.30. The molecule has 86 valence electrons. The fraction of sp³-hybridized carbons (Fsp3) is 0.364. The van der Waals surface area contributed by atoms with E-state index in [0.29, 0.717) is 18.7 Å². The van der Waals surface area contributed by atoms with Crippen molar-refractivity contribution in [1.82, 2.24) is 4.90 Å². The molecule has 4 nitrogen and oxygen atoms in total. The van der Waals surface area contributed by atoms with Gasteiger partial charge in [-0.15, -0.1) is 0 Å². The van der Waals surface area contributed by atoms with Gasteiger partial charge < -0.3 is 14.9 Å². The molecule has 0 bridgehead atoms.